The van der Waals surface area contributed by atoms with Crippen LogP contribution in [-0.4, -0.2) is 38.0 Å². The Balaban J connectivity index is 1.33. The molecule has 3 N–H and O–H groups in total. The van der Waals surface area contributed by atoms with Crippen LogP contribution < -0.4 is 16.0 Å². The maximum Gasteiger partial charge on any atom is 0.229 e. The zero-order valence-corrected chi connectivity index (χ0v) is 17.8. The van der Waals surface area contributed by atoms with Gasteiger partial charge in [-0.1, -0.05) is 12.1 Å². The Morgan fingerprint density at radius 3 is 2.47 bits per heavy atom. The first-order chi connectivity index (χ1) is 15.7. The van der Waals surface area contributed by atoms with E-state index in [2.05, 4.69) is 59.1 Å². The third-order valence-electron chi connectivity index (χ3n) is 5.29. The molecule has 8 heteroatoms. The average Bonchev–Trinajstić information content (AvgIpc) is 3.05. The van der Waals surface area contributed by atoms with E-state index >= 15 is 0 Å². The lowest BCUT2D eigenvalue weighted by Crippen LogP contribution is -2.16. The van der Waals surface area contributed by atoms with E-state index in [1.54, 1.807) is 24.5 Å². The van der Waals surface area contributed by atoms with Gasteiger partial charge in [0.15, 0.2) is 5.82 Å². The van der Waals surface area contributed by atoms with Gasteiger partial charge in [0.2, 0.25) is 5.95 Å². The summed E-state index contributed by atoms with van der Waals surface area (Å²) in [7, 11) is 0. The van der Waals surface area contributed by atoms with Gasteiger partial charge in [0.1, 0.15) is 17.3 Å². The molecule has 0 bridgehead atoms. The Morgan fingerprint density at radius 1 is 0.781 bits per heavy atom. The first-order valence-electron chi connectivity index (χ1n) is 10.7. The van der Waals surface area contributed by atoms with Crippen molar-refractivity contribution in [2.24, 2.45) is 0 Å². The molecule has 0 atom stereocenters. The fourth-order valence-corrected chi connectivity index (χ4v) is 3.72. The van der Waals surface area contributed by atoms with Gasteiger partial charge in [-0.25, -0.2) is 19.9 Å². The molecule has 0 saturated heterocycles. The highest BCUT2D eigenvalue weighted by Crippen LogP contribution is 2.22. The van der Waals surface area contributed by atoms with Gasteiger partial charge in [0.05, 0.1) is 0 Å². The number of nitrogens with one attached hydrogen (secondary N) is 3. The van der Waals surface area contributed by atoms with E-state index < -0.39 is 0 Å². The maximum absolute atomic E-state index is 4.59. The zero-order valence-electron chi connectivity index (χ0n) is 17.8. The summed E-state index contributed by atoms with van der Waals surface area (Å²) >= 11 is 0. The SMILES string of the molecule is Cc1cccc(-c2nccc(Nc3ccnc(Nc4ccc5c(c4)CCNCC5)n3)n2)n1. The fourth-order valence-electron chi connectivity index (χ4n) is 3.72. The Morgan fingerprint density at radius 2 is 1.59 bits per heavy atom. The van der Waals surface area contributed by atoms with Crippen molar-refractivity contribution in [3.8, 4) is 11.5 Å². The number of fused-ring (bicyclic) bond motifs is 1. The van der Waals surface area contributed by atoms with Crippen LogP contribution in [0.25, 0.3) is 11.5 Å². The molecule has 160 valence electrons. The summed E-state index contributed by atoms with van der Waals surface area (Å²) in [4.78, 5) is 22.4. The molecule has 32 heavy (non-hydrogen) atoms. The summed E-state index contributed by atoms with van der Waals surface area (Å²) in [6.45, 7) is 3.98. The van der Waals surface area contributed by atoms with Crippen LogP contribution in [0.1, 0.15) is 16.8 Å². The van der Waals surface area contributed by atoms with Crippen molar-refractivity contribution >= 4 is 23.3 Å². The number of aryl methyl sites for hydroxylation is 1. The second-order valence-corrected chi connectivity index (χ2v) is 7.68. The van der Waals surface area contributed by atoms with Gasteiger partial charge >= 0.3 is 0 Å². The second kappa shape index (κ2) is 9.07. The molecular weight excluding hydrogens is 400 g/mol. The largest absolute Gasteiger partial charge is 0.325 e. The molecule has 0 aliphatic carbocycles. The highest BCUT2D eigenvalue weighted by atomic mass is 15.2. The molecule has 4 aromatic rings. The third-order valence-corrected chi connectivity index (χ3v) is 5.29. The number of pyridine rings is 1. The summed E-state index contributed by atoms with van der Waals surface area (Å²) in [5.74, 6) is 2.37. The normalized spacial score (nSPS) is 13.2. The van der Waals surface area contributed by atoms with E-state index in [0.29, 0.717) is 23.4 Å². The standard InChI is InChI=1S/C24H24N8/c1-16-3-2-4-20(28-16)23-26-13-9-21(31-23)30-22-10-14-27-24(32-22)29-19-6-5-17-7-11-25-12-8-18(17)15-19/h2-6,9-10,13-15,25H,7-8,11-12H2,1H3,(H2,26,27,29,30,31,32). The molecule has 0 amide bonds. The van der Waals surface area contributed by atoms with Gasteiger partial charge in [0, 0.05) is 23.8 Å². The topological polar surface area (TPSA) is 101 Å². The second-order valence-electron chi connectivity index (χ2n) is 7.68. The predicted octanol–water partition coefficient (Wildman–Crippen LogP) is 3.81. The summed E-state index contributed by atoms with van der Waals surface area (Å²) in [6, 6.07) is 15.9. The monoisotopic (exact) mass is 424 g/mol. The molecule has 0 fully saturated rings. The van der Waals surface area contributed by atoms with Crippen LogP contribution in [0.5, 0.6) is 0 Å². The first-order valence-corrected chi connectivity index (χ1v) is 10.7. The molecule has 1 aliphatic heterocycles. The van der Waals surface area contributed by atoms with E-state index in [1.165, 1.54) is 11.1 Å². The highest BCUT2D eigenvalue weighted by molar-refractivity contribution is 5.60. The number of hydrogen-bond acceptors (Lipinski definition) is 8. The molecule has 3 aromatic heterocycles. The molecule has 0 saturated carbocycles. The van der Waals surface area contributed by atoms with Crippen molar-refractivity contribution < 1.29 is 0 Å². The Kier molecular flexibility index (Phi) is 5.67. The van der Waals surface area contributed by atoms with Crippen LogP contribution in [0, 0.1) is 6.92 Å². The molecule has 0 unspecified atom stereocenters. The third kappa shape index (κ3) is 4.70. The van der Waals surface area contributed by atoms with Crippen molar-refractivity contribution in [1.82, 2.24) is 30.2 Å². The molecule has 1 aliphatic rings. The smallest absolute Gasteiger partial charge is 0.229 e. The number of hydrogen-bond donors (Lipinski definition) is 3. The number of aromatic nitrogens is 5. The highest BCUT2D eigenvalue weighted by Gasteiger charge is 2.10. The van der Waals surface area contributed by atoms with Crippen LogP contribution in [0.3, 0.4) is 0 Å². The van der Waals surface area contributed by atoms with Crippen molar-refractivity contribution in [2.45, 2.75) is 19.8 Å². The lowest BCUT2D eigenvalue weighted by Gasteiger charge is -2.11. The summed E-state index contributed by atoms with van der Waals surface area (Å²) in [6.07, 6.45) is 5.51. The minimum atomic E-state index is 0.524. The summed E-state index contributed by atoms with van der Waals surface area (Å²) in [5, 5.41) is 10.00. The van der Waals surface area contributed by atoms with Gasteiger partial charge in [0.25, 0.3) is 0 Å². The van der Waals surface area contributed by atoms with Gasteiger partial charge < -0.3 is 16.0 Å². The minimum absolute atomic E-state index is 0.524. The fraction of sp³-hybridized carbons (Fsp3) is 0.208. The maximum atomic E-state index is 4.59. The Hall–Kier alpha value is -3.91. The molecule has 0 radical (unpaired) electrons. The molecule has 0 spiro atoms. The number of benzene rings is 1. The Bertz CT molecular complexity index is 1240. The number of anilines is 4. The molecule has 5 rings (SSSR count). The molecular formula is C24H24N8. The van der Waals surface area contributed by atoms with Gasteiger partial charge in [-0.05, 0) is 80.4 Å². The van der Waals surface area contributed by atoms with Gasteiger partial charge in [-0.2, -0.15) is 4.98 Å². The van der Waals surface area contributed by atoms with Crippen molar-refractivity contribution in [3.05, 3.63) is 77.7 Å². The van der Waals surface area contributed by atoms with Crippen molar-refractivity contribution in [1.29, 1.82) is 0 Å². The number of rotatable bonds is 5. The predicted molar refractivity (Wildman–Crippen MR) is 125 cm³/mol. The minimum Gasteiger partial charge on any atom is -0.325 e. The molecule has 1 aromatic carbocycles. The van der Waals surface area contributed by atoms with E-state index in [9.17, 15) is 0 Å². The summed E-state index contributed by atoms with van der Waals surface area (Å²) < 4.78 is 0. The summed E-state index contributed by atoms with van der Waals surface area (Å²) in [5.41, 5.74) is 5.41. The quantitative estimate of drug-likeness (QED) is 0.445. The van der Waals surface area contributed by atoms with Crippen LogP contribution in [0.2, 0.25) is 0 Å². The zero-order chi connectivity index (χ0) is 21.8. The van der Waals surface area contributed by atoms with Crippen LogP contribution in [0.15, 0.2) is 60.9 Å². The van der Waals surface area contributed by atoms with E-state index in [-0.39, 0.29) is 0 Å². The average molecular weight is 425 g/mol. The van der Waals surface area contributed by atoms with Gasteiger partial charge in [-0.15, -0.1) is 0 Å². The van der Waals surface area contributed by atoms with Crippen molar-refractivity contribution in [2.75, 3.05) is 23.7 Å². The Labute approximate surface area is 186 Å². The lowest BCUT2D eigenvalue weighted by atomic mass is 10.0. The first kappa shape index (κ1) is 20.0. The molecule has 4 heterocycles. The van der Waals surface area contributed by atoms with Crippen molar-refractivity contribution in [3.63, 3.8) is 0 Å². The van der Waals surface area contributed by atoms with Crippen LogP contribution in [-0.2, 0) is 12.8 Å². The number of nitrogens with zero attached hydrogens (tertiary/aromatic N) is 5. The van der Waals surface area contributed by atoms with E-state index in [4.69, 9.17) is 0 Å². The van der Waals surface area contributed by atoms with E-state index in [1.807, 2.05) is 25.1 Å². The van der Waals surface area contributed by atoms with Crippen LogP contribution in [0.4, 0.5) is 23.3 Å². The van der Waals surface area contributed by atoms with E-state index in [0.717, 1.165) is 43.0 Å². The lowest BCUT2D eigenvalue weighted by molar-refractivity contribution is 0.711. The molecule has 8 nitrogen and oxygen atoms in total. The van der Waals surface area contributed by atoms with Gasteiger partial charge in [-0.3, -0.25) is 0 Å². The van der Waals surface area contributed by atoms with Crippen LogP contribution >= 0.6 is 0 Å².